The topological polar surface area (TPSA) is 22.0 Å². The summed E-state index contributed by atoms with van der Waals surface area (Å²) < 4.78 is 1.86. The Labute approximate surface area is 114 Å². The fraction of sp³-hybridized carbons (Fsp3) is 0.235. The highest BCUT2D eigenvalue weighted by Gasteiger charge is 2.03. The summed E-state index contributed by atoms with van der Waals surface area (Å²) in [6.07, 6.45) is 4.84. The molecule has 0 amide bonds. The highest BCUT2D eigenvalue weighted by atomic mass is 16.1. The largest absolute Gasteiger partial charge is 0.308 e. The molecule has 2 heteroatoms. The molecule has 0 aliphatic heterocycles. The van der Waals surface area contributed by atoms with Crippen molar-refractivity contribution >= 4 is 0 Å². The molecule has 0 bridgehead atoms. The first kappa shape index (κ1) is 13.3. The minimum Gasteiger partial charge on any atom is -0.308 e. The third kappa shape index (κ3) is 3.68. The fourth-order valence-corrected chi connectivity index (χ4v) is 2.15. The van der Waals surface area contributed by atoms with Gasteiger partial charge >= 0.3 is 0 Å². The van der Waals surface area contributed by atoms with Crippen molar-refractivity contribution in [2.24, 2.45) is 0 Å². The third-order valence-electron chi connectivity index (χ3n) is 3.16. The third-order valence-corrected chi connectivity index (χ3v) is 3.16. The van der Waals surface area contributed by atoms with Crippen LogP contribution in [-0.2, 0) is 13.0 Å². The zero-order chi connectivity index (χ0) is 13.5. The number of hydrogen-bond acceptors (Lipinski definition) is 1. The van der Waals surface area contributed by atoms with Gasteiger partial charge in [-0.1, -0.05) is 42.5 Å². The Morgan fingerprint density at radius 1 is 1.05 bits per heavy atom. The number of rotatable bonds is 6. The fourth-order valence-electron chi connectivity index (χ4n) is 2.15. The Balaban J connectivity index is 2.22. The van der Waals surface area contributed by atoms with Crippen LogP contribution in [0.15, 0.2) is 66.0 Å². The molecule has 98 valence electrons. The standard InChI is InChI=1S/C17H19NO/c1-2-3-5-11-16-12-8-13-17(19)18(16)14-15-9-6-4-7-10-15/h2,4,6-10,12-13H,1,3,5,11,14H2. The molecule has 0 radical (unpaired) electrons. The summed E-state index contributed by atoms with van der Waals surface area (Å²) in [5.41, 5.74) is 2.32. The summed E-state index contributed by atoms with van der Waals surface area (Å²) in [6.45, 7) is 4.37. The van der Waals surface area contributed by atoms with Crippen molar-refractivity contribution in [3.63, 3.8) is 0 Å². The van der Waals surface area contributed by atoms with Crippen molar-refractivity contribution in [3.8, 4) is 0 Å². The normalized spacial score (nSPS) is 10.3. The number of aryl methyl sites for hydroxylation is 1. The number of nitrogens with zero attached hydrogens (tertiary/aromatic N) is 1. The van der Waals surface area contributed by atoms with Gasteiger partial charge in [-0.25, -0.2) is 0 Å². The number of aromatic nitrogens is 1. The number of allylic oxidation sites excluding steroid dienone is 1. The molecule has 0 N–H and O–H groups in total. The molecule has 1 aromatic carbocycles. The van der Waals surface area contributed by atoms with Crippen LogP contribution >= 0.6 is 0 Å². The van der Waals surface area contributed by atoms with Gasteiger partial charge in [0.05, 0.1) is 6.54 Å². The summed E-state index contributed by atoms with van der Waals surface area (Å²) in [5, 5.41) is 0. The summed E-state index contributed by atoms with van der Waals surface area (Å²) in [4.78, 5) is 12.0. The highest BCUT2D eigenvalue weighted by Crippen LogP contribution is 2.07. The Bertz CT molecular complexity index is 584. The average molecular weight is 253 g/mol. The van der Waals surface area contributed by atoms with Crippen LogP contribution in [0.1, 0.15) is 24.1 Å². The Kier molecular flexibility index (Phi) is 4.73. The van der Waals surface area contributed by atoms with Crippen molar-refractivity contribution < 1.29 is 0 Å². The lowest BCUT2D eigenvalue weighted by atomic mass is 10.1. The number of benzene rings is 1. The van der Waals surface area contributed by atoms with Gasteiger partial charge in [-0.15, -0.1) is 6.58 Å². The van der Waals surface area contributed by atoms with E-state index in [0.29, 0.717) is 6.54 Å². The number of unbranched alkanes of at least 4 members (excludes halogenated alkanes) is 1. The van der Waals surface area contributed by atoms with Gasteiger partial charge in [0.1, 0.15) is 0 Å². The van der Waals surface area contributed by atoms with E-state index in [-0.39, 0.29) is 5.56 Å². The monoisotopic (exact) mass is 253 g/mol. The van der Waals surface area contributed by atoms with Crippen LogP contribution in [0.25, 0.3) is 0 Å². The molecule has 19 heavy (non-hydrogen) atoms. The molecule has 1 aromatic heterocycles. The van der Waals surface area contributed by atoms with Crippen LogP contribution in [0.4, 0.5) is 0 Å². The highest BCUT2D eigenvalue weighted by molar-refractivity contribution is 5.17. The molecule has 2 aromatic rings. The molecule has 0 atom stereocenters. The van der Waals surface area contributed by atoms with E-state index in [4.69, 9.17) is 0 Å². The minimum atomic E-state index is 0.0694. The van der Waals surface area contributed by atoms with Gasteiger partial charge in [0.25, 0.3) is 5.56 Å². The van der Waals surface area contributed by atoms with Gasteiger partial charge in [-0.3, -0.25) is 4.79 Å². The summed E-state index contributed by atoms with van der Waals surface area (Å²) in [5.74, 6) is 0. The molecule has 2 rings (SSSR count). The smallest absolute Gasteiger partial charge is 0.251 e. The molecule has 0 aliphatic rings. The zero-order valence-electron chi connectivity index (χ0n) is 11.1. The van der Waals surface area contributed by atoms with Crippen molar-refractivity contribution in [1.29, 1.82) is 0 Å². The van der Waals surface area contributed by atoms with Crippen LogP contribution in [-0.4, -0.2) is 4.57 Å². The van der Waals surface area contributed by atoms with Gasteiger partial charge in [-0.2, -0.15) is 0 Å². The van der Waals surface area contributed by atoms with Crippen LogP contribution in [0.2, 0.25) is 0 Å². The lowest BCUT2D eigenvalue weighted by Gasteiger charge is -2.12. The minimum absolute atomic E-state index is 0.0694. The summed E-state index contributed by atoms with van der Waals surface area (Å²) in [6, 6.07) is 15.6. The molecule has 0 saturated carbocycles. The maximum Gasteiger partial charge on any atom is 0.251 e. The molecule has 0 aliphatic carbocycles. The average Bonchev–Trinajstić information content (AvgIpc) is 2.44. The Morgan fingerprint density at radius 2 is 1.84 bits per heavy atom. The van der Waals surface area contributed by atoms with E-state index in [9.17, 15) is 4.79 Å². The quantitative estimate of drug-likeness (QED) is 0.571. The maximum atomic E-state index is 12.0. The van der Waals surface area contributed by atoms with Crippen molar-refractivity contribution in [1.82, 2.24) is 4.57 Å². The van der Waals surface area contributed by atoms with Crippen LogP contribution in [0, 0.1) is 0 Å². The molecule has 1 heterocycles. The molecule has 0 saturated heterocycles. The second-order valence-corrected chi connectivity index (χ2v) is 4.61. The van der Waals surface area contributed by atoms with E-state index in [1.54, 1.807) is 6.07 Å². The van der Waals surface area contributed by atoms with Gasteiger partial charge in [-0.05, 0) is 30.9 Å². The molecular weight excluding hydrogens is 234 g/mol. The van der Waals surface area contributed by atoms with E-state index >= 15 is 0 Å². The van der Waals surface area contributed by atoms with Gasteiger partial charge < -0.3 is 4.57 Å². The van der Waals surface area contributed by atoms with Crippen molar-refractivity contribution in [3.05, 3.63) is 82.8 Å². The van der Waals surface area contributed by atoms with Crippen LogP contribution in [0.3, 0.4) is 0 Å². The van der Waals surface area contributed by atoms with Gasteiger partial charge in [0.2, 0.25) is 0 Å². The second-order valence-electron chi connectivity index (χ2n) is 4.61. The van der Waals surface area contributed by atoms with Crippen LogP contribution < -0.4 is 5.56 Å². The molecule has 0 unspecified atom stereocenters. The van der Waals surface area contributed by atoms with Gasteiger partial charge in [0.15, 0.2) is 0 Å². The van der Waals surface area contributed by atoms with Crippen molar-refractivity contribution in [2.75, 3.05) is 0 Å². The Hall–Kier alpha value is -2.09. The molecule has 0 spiro atoms. The maximum absolute atomic E-state index is 12.0. The van der Waals surface area contributed by atoms with E-state index < -0.39 is 0 Å². The van der Waals surface area contributed by atoms with Crippen molar-refractivity contribution in [2.45, 2.75) is 25.8 Å². The number of hydrogen-bond donors (Lipinski definition) is 0. The second kappa shape index (κ2) is 6.74. The lowest BCUT2D eigenvalue weighted by Crippen LogP contribution is -2.23. The van der Waals surface area contributed by atoms with Crippen LogP contribution in [0.5, 0.6) is 0 Å². The summed E-state index contributed by atoms with van der Waals surface area (Å²) in [7, 11) is 0. The molecular formula is C17H19NO. The first-order chi connectivity index (χ1) is 9.31. The first-order valence-electron chi connectivity index (χ1n) is 6.65. The van der Waals surface area contributed by atoms with E-state index in [1.165, 1.54) is 0 Å². The SMILES string of the molecule is C=CCCCc1cccc(=O)n1Cc1ccccc1. The molecule has 0 fully saturated rings. The predicted octanol–water partition coefficient (Wildman–Crippen LogP) is 3.41. The lowest BCUT2D eigenvalue weighted by molar-refractivity contribution is 0.676. The van der Waals surface area contributed by atoms with Gasteiger partial charge in [0, 0.05) is 11.8 Å². The molecule has 2 nitrogen and oxygen atoms in total. The summed E-state index contributed by atoms with van der Waals surface area (Å²) >= 11 is 0. The number of pyridine rings is 1. The first-order valence-corrected chi connectivity index (χ1v) is 6.65. The Morgan fingerprint density at radius 3 is 2.58 bits per heavy atom. The zero-order valence-corrected chi connectivity index (χ0v) is 11.1. The van der Waals surface area contributed by atoms with E-state index in [1.807, 2.05) is 53.1 Å². The van der Waals surface area contributed by atoms with E-state index in [2.05, 4.69) is 6.58 Å². The predicted molar refractivity (Wildman–Crippen MR) is 79.4 cm³/mol. The van der Waals surface area contributed by atoms with E-state index in [0.717, 1.165) is 30.5 Å².